The molecule has 9 nitrogen and oxygen atoms in total. The van der Waals surface area contributed by atoms with Crippen molar-refractivity contribution in [1.82, 2.24) is 14.9 Å². The van der Waals surface area contributed by atoms with Gasteiger partial charge in [-0.3, -0.25) is 29.1 Å². The third-order valence-corrected chi connectivity index (χ3v) is 5.98. The van der Waals surface area contributed by atoms with Gasteiger partial charge in [-0.25, -0.2) is 9.80 Å². The number of hydrazine groups is 1. The summed E-state index contributed by atoms with van der Waals surface area (Å²) in [6.07, 6.45) is 2.49. The van der Waals surface area contributed by atoms with Gasteiger partial charge < -0.3 is 4.74 Å². The zero-order valence-corrected chi connectivity index (χ0v) is 17.4. The van der Waals surface area contributed by atoms with Gasteiger partial charge in [0.15, 0.2) is 6.04 Å². The molecule has 31 heavy (non-hydrogen) atoms. The van der Waals surface area contributed by atoms with E-state index in [4.69, 9.17) is 4.74 Å². The molecule has 3 heterocycles. The lowest BCUT2D eigenvalue weighted by molar-refractivity contribution is -0.183. The Morgan fingerprint density at radius 1 is 1.06 bits per heavy atom. The van der Waals surface area contributed by atoms with Crippen molar-refractivity contribution in [2.24, 2.45) is 0 Å². The van der Waals surface area contributed by atoms with E-state index in [2.05, 4.69) is 0 Å². The van der Waals surface area contributed by atoms with Crippen molar-refractivity contribution < 1.29 is 28.7 Å². The molecule has 0 aromatic heterocycles. The van der Waals surface area contributed by atoms with Gasteiger partial charge in [-0.15, -0.1) is 0 Å². The average molecular weight is 427 g/mol. The van der Waals surface area contributed by atoms with Crippen molar-refractivity contribution >= 4 is 29.6 Å². The monoisotopic (exact) mass is 427 g/mol. The van der Waals surface area contributed by atoms with Crippen LogP contribution in [0.15, 0.2) is 24.3 Å². The molecule has 1 aromatic carbocycles. The average Bonchev–Trinajstić information content (AvgIpc) is 2.96. The van der Waals surface area contributed by atoms with Gasteiger partial charge in [0.25, 0.3) is 17.7 Å². The number of carbonyl (C=O) groups is 5. The predicted molar refractivity (Wildman–Crippen MR) is 107 cm³/mol. The summed E-state index contributed by atoms with van der Waals surface area (Å²) in [5.74, 6) is -2.59. The quantitative estimate of drug-likeness (QED) is 0.401. The zero-order valence-electron chi connectivity index (χ0n) is 17.4. The molecule has 164 valence electrons. The van der Waals surface area contributed by atoms with Crippen molar-refractivity contribution in [2.45, 2.75) is 57.5 Å². The molecule has 0 saturated carbocycles. The number of nitrogens with zero attached hydrogens (tertiary/aromatic N) is 3. The number of carbonyl (C=O) groups excluding carboxylic acids is 5. The van der Waals surface area contributed by atoms with Crippen LogP contribution in [-0.2, 0) is 19.1 Å². The molecule has 0 radical (unpaired) electrons. The normalized spacial score (nSPS) is 23.6. The smallest absolute Gasteiger partial charge is 0.330 e. The van der Waals surface area contributed by atoms with Crippen LogP contribution in [0.4, 0.5) is 0 Å². The largest absolute Gasteiger partial charge is 0.464 e. The number of rotatable bonds is 5. The molecular formula is C22H25N3O6. The summed E-state index contributed by atoms with van der Waals surface area (Å²) < 4.78 is 5.33. The lowest BCUT2D eigenvalue weighted by Gasteiger charge is -2.42. The highest BCUT2D eigenvalue weighted by molar-refractivity contribution is 6.23. The van der Waals surface area contributed by atoms with Crippen LogP contribution in [0.5, 0.6) is 0 Å². The molecule has 4 amide bonds. The molecule has 0 N–H and O–H groups in total. The maximum absolute atomic E-state index is 13.6. The summed E-state index contributed by atoms with van der Waals surface area (Å²) >= 11 is 0. The second-order valence-corrected chi connectivity index (χ2v) is 7.96. The number of esters is 1. The van der Waals surface area contributed by atoms with Crippen LogP contribution >= 0.6 is 0 Å². The van der Waals surface area contributed by atoms with Crippen LogP contribution in [-0.4, -0.2) is 69.8 Å². The SMILES string of the molecule is CCCCOC(=O)C1CCCN2C(=O)CCC(N3C(=O)c4ccccc4C3=O)C(=O)N12. The number of hydrogen-bond donors (Lipinski definition) is 0. The summed E-state index contributed by atoms with van der Waals surface area (Å²) in [5, 5.41) is 2.43. The van der Waals surface area contributed by atoms with Crippen LogP contribution in [0.1, 0.15) is 66.2 Å². The molecule has 9 heteroatoms. The predicted octanol–water partition coefficient (Wildman–Crippen LogP) is 1.52. The minimum atomic E-state index is -1.15. The van der Waals surface area contributed by atoms with Crippen molar-refractivity contribution in [3.8, 4) is 0 Å². The van der Waals surface area contributed by atoms with E-state index in [1.807, 2.05) is 6.92 Å². The molecule has 0 spiro atoms. The fourth-order valence-corrected chi connectivity index (χ4v) is 4.38. The van der Waals surface area contributed by atoms with Gasteiger partial charge in [0.2, 0.25) is 5.91 Å². The lowest BCUT2D eigenvalue weighted by Crippen LogP contribution is -2.62. The highest BCUT2D eigenvalue weighted by atomic mass is 16.5. The maximum Gasteiger partial charge on any atom is 0.330 e. The number of hydrogen-bond acceptors (Lipinski definition) is 6. The summed E-state index contributed by atoms with van der Waals surface area (Å²) in [5.41, 5.74) is 0.476. The van der Waals surface area contributed by atoms with Gasteiger partial charge in [0, 0.05) is 13.0 Å². The standard InChI is InChI=1S/C22H25N3O6/c1-2-3-13-31-22(30)17-9-6-12-23-18(26)11-10-16(21(29)25(17)23)24-19(27)14-7-4-5-8-15(14)20(24)28/h4-5,7-8,16-17H,2-3,6,9-13H2,1H3. The van der Waals surface area contributed by atoms with Crippen molar-refractivity contribution in [3.63, 3.8) is 0 Å². The first-order chi connectivity index (χ1) is 15.0. The fraction of sp³-hybridized carbons (Fsp3) is 0.500. The highest BCUT2D eigenvalue weighted by Crippen LogP contribution is 2.31. The molecule has 0 bridgehead atoms. The first kappa shape index (κ1) is 21.0. The van der Waals surface area contributed by atoms with Crippen molar-refractivity contribution in [2.75, 3.05) is 13.2 Å². The van der Waals surface area contributed by atoms with Crippen molar-refractivity contribution in [3.05, 3.63) is 35.4 Å². The van der Waals surface area contributed by atoms with Crippen LogP contribution in [0.3, 0.4) is 0 Å². The topological polar surface area (TPSA) is 104 Å². The van der Waals surface area contributed by atoms with E-state index in [1.54, 1.807) is 24.3 Å². The Morgan fingerprint density at radius 2 is 1.74 bits per heavy atom. The Morgan fingerprint density at radius 3 is 2.39 bits per heavy atom. The van der Waals surface area contributed by atoms with E-state index < -0.39 is 35.8 Å². The van der Waals surface area contributed by atoms with Gasteiger partial charge in [0.05, 0.1) is 17.7 Å². The molecular weight excluding hydrogens is 402 g/mol. The highest BCUT2D eigenvalue weighted by Gasteiger charge is 2.50. The molecule has 2 unspecified atom stereocenters. The Balaban J connectivity index is 1.64. The third kappa shape index (κ3) is 3.58. The molecule has 0 aliphatic carbocycles. The zero-order chi connectivity index (χ0) is 22.1. The van der Waals surface area contributed by atoms with Crippen LogP contribution < -0.4 is 0 Å². The molecule has 4 rings (SSSR count). The Kier molecular flexibility index (Phi) is 5.75. The third-order valence-electron chi connectivity index (χ3n) is 5.98. The summed E-state index contributed by atoms with van der Waals surface area (Å²) in [7, 11) is 0. The van der Waals surface area contributed by atoms with E-state index in [-0.39, 0.29) is 36.5 Å². The van der Waals surface area contributed by atoms with Gasteiger partial charge in [-0.05, 0) is 37.8 Å². The molecule has 3 aliphatic heterocycles. The van der Waals surface area contributed by atoms with Gasteiger partial charge in [-0.1, -0.05) is 25.5 Å². The number of amides is 4. The molecule has 2 fully saturated rings. The Labute approximate surface area is 179 Å². The van der Waals surface area contributed by atoms with Gasteiger partial charge in [0.1, 0.15) is 6.04 Å². The number of imide groups is 1. The second-order valence-electron chi connectivity index (χ2n) is 7.96. The number of benzene rings is 1. The van der Waals surface area contributed by atoms with Crippen molar-refractivity contribution in [1.29, 1.82) is 0 Å². The number of fused-ring (bicyclic) bond motifs is 2. The van der Waals surface area contributed by atoms with Gasteiger partial charge in [-0.2, -0.15) is 0 Å². The second kappa shape index (κ2) is 8.49. The molecule has 2 atom stereocenters. The van der Waals surface area contributed by atoms with E-state index in [0.29, 0.717) is 25.8 Å². The van der Waals surface area contributed by atoms with Gasteiger partial charge >= 0.3 is 5.97 Å². The molecule has 2 saturated heterocycles. The first-order valence-electron chi connectivity index (χ1n) is 10.7. The van der Waals surface area contributed by atoms with E-state index in [1.165, 1.54) is 5.01 Å². The molecule has 1 aromatic rings. The van der Waals surface area contributed by atoms with Crippen LogP contribution in [0, 0.1) is 0 Å². The van der Waals surface area contributed by atoms with Crippen LogP contribution in [0.25, 0.3) is 0 Å². The summed E-state index contributed by atoms with van der Waals surface area (Å²) in [6.45, 7) is 2.52. The minimum Gasteiger partial charge on any atom is -0.464 e. The lowest BCUT2D eigenvalue weighted by atomic mass is 10.1. The number of unbranched alkanes of at least 4 members (excludes halogenated alkanes) is 1. The van der Waals surface area contributed by atoms with E-state index in [0.717, 1.165) is 16.3 Å². The van der Waals surface area contributed by atoms with E-state index >= 15 is 0 Å². The summed E-state index contributed by atoms with van der Waals surface area (Å²) in [6, 6.07) is 4.30. The maximum atomic E-state index is 13.6. The van der Waals surface area contributed by atoms with E-state index in [9.17, 15) is 24.0 Å². The molecule has 3 aliphatic rings. The van der Waals surface area contributed by atoms with Crippen LogP contribution in [0.2, 0.25) is 0 Å². The number of ether oxygens (including phenoxy) is 1. The first-order valence-corrected chi connectivity index (χ1v) is 10.7. The Bertz CT molecular complexity index is 910. The fourth-order valence-electron chi connectivity index (χ4n) is 4.38. The Hall–Kier alpha value is -3.23. The summed E-state index contributed by atoms with van der Waals surface area (Å²) in [4.78, 5) is 65.9. The minimum absolute atomic E-state index is 0.00207.